The van der Waals surface area contributed by atoms with Crippen LogP contribution in [0, 0.1) is 0 Å². The molecule has 0 unspecified atom stereocenters. The van der Waals surface area contributed by atoms with E-state index in [-0.39, 0.29) is 23.2 Å². The number of anilines is 1. The summed E-state index contributed by atoms with van der Waals surface area (Å²) >= 11 is 7.87. The molecule has 3 aromatic rings. The molecule has 0 bridgehead atoms. The fourth-order valence-electron chi connectivity index (χ4n) is 2.24. The first-order valence-corrected chi connectivity index (χ1v) is 9.28. The van der Waals surface area contributed by atoms with Gasteiger partial charge in [0.05, 0.1) is 21.5 Å². The Morgan fingerprint density at radius 2 is 1.96 bits per heavy atom. The van der Waals surface area contributed by atoms with E-state index in [1.165, 1.54) is 11.3 Å². The van der Waals surface area contributed by atoms with Crippen LogP contribution in [0.3, 0.4) is 0 Å². The smallest absolute Gasteiger partial charge is 0.359 e. The quantitative estimate of drug-likeness (QED) is 0.587. The van der Waals surface area contributed by atoms with Gasteiger partial charge in [0.2, 0.25) is 0 Å². The van der Waals surface area contributed by atoms with Crippen LogP contribution in [0.1, 0.15) is 17.4 Å². The molecule has 1 aromatic carbocycles. The van der Waals surface area contributed by atoms with Crippen molar-refractivity contribution in [3.05, 3.63) is 48.6 Å². The first-order chi connectivity index (χ1) is 11.4. The summed E-state index contributed by atoms with van der Waals surface area (Å²) in [5.41, 5.74) is 6.17. The van der Waals surface area contributed by atoms with E-state index >= 15 is 0 Å². The van der Waals surface area contributed by atoms with Crippen LogP contribution in [0.15, 0.2) is 37.3 Å². The number of nitrogens with two attached hydrogens (primary N) is 1. The number of ether oxygens (including phenoxy) is 1. The van der Waals surface area contributed by atoms with Gasteiger partial charge in [-0.1, -0.05) is 15.9 Å². The number of nitrogens with zero attached hydrogens (tertiary/aromatic N) is 2. The molecule has 24 heavy (non-hydrogen) atoms. The number of hydrogen-bond acceptors (Lipinski definition) is 6. The van der Waals surface area contributed by atoms with Gasteiger partial charge in [-0.05, 0) is 47.1 Å². The number of nitrogen functional groups attached to an aromatic ring is 1. The molecule has 0 saturated heterocycles. The Balaban J connectivity index is 2.37. The predicted molar refractivity (Wildman–Crippen MR) is 101 cm³/mol. The minimum absolute atomic E-state index is 0.0502. The van der Waals surface area contributed by atoms with E-state index in [2.05, 4.69) is 37.0 Å². The van der Waals surface area contributed by atoms with Crippen LogP contribution in [0.25, 0.3) is 16.5 Å². The zero-order chi connectivity index (χ0) is 17.4. The standard InChI is InChI=1S/C15H11Br2N3O3S/c1-2-23-15(22)11-9-10(13(18)24-12(9)17)14(21)20(19-11)8-5-3-7(16)4-6-8/h3-6H,2,18H2,1H3. The molecular weight excluding hydrogens is 462 g/mol. The molecule has 2 heterocycles. The van der Waals surface area contributed by atoms with E-state index in [1.807, 2.05) is 0 Å². The van der Waals surface area contributed by atoms with Crippen molar-refractivity contribution in [2.75, 3.05) is 12.3 Å². The molecule has 2 N–H and O–H groups in total. The van der Waals surface area contributed by atoms with Crippen LogP contribution < -0.4 is 11.3 Å². The number of benzene rings is 1. The third-order valence-electron chi connectivity index (χ3n) is 3.28. The Kier molecular flexibility index (Phi) is 4.75. The summed E-state index contributed by atoms with van der Waals surface area (Å²) in [5.74, 6) is -0.605. The van der Waals surface area contributed by atoms with Crippen molar-refractivity contribution < 1.29 is 9.53 Å². The van der Waals surface area contributed by atoms with Gasteiger partial charge < -0.3 is 10.5 Å². The maximum absolute atomic E-state index is 12.8. The van der Waals surface area contributed by atoms with Crippen LogP contribution >= 0.6 is 43.2 Å². The molecule has 0 fully saturated rings. The molecule has 2 aromatic heterocycles. The lowest BCUT2D eigenvalue weighted by molar-refractivity contribution is 0.0520. The van der Waals surface area contributed by atoms with E-state index in [0.29, 0.717) is 19.9 Å². The van der Waals surface area contributed by atoms with Gasteiger partial charge in [0.15, 0.2) is 5.69 Å². The summed E-state index contributed by atoms with van der Waals surface area (Å²) in [7, 11) is 0. The zero-order valence-electron chi connectivity index (χ0n) is 12.4. The zero-order valence-corrected chi connectivity index (χ0v) is 16.4. The summed E-state index contributed by atoms with van der Waals surface area (Å²) in [5, 5.41) is 5.19. The lowest BCUT2D eigenvalue weighted by Crippen LogP contribution is -2.25. The van der Waals surface area contributed by atoms with E-state index in [0.717, 1.165) is 9.15 Å². The average molecular weight is 473 g/mol. The molecule has 6 nitrogen and oxygen atoms in total. The summed E-state index contributed by atoms with van der Waals surface area (Å²) in [6, 6.07) is 7.00. The third-order valence-corrected chi connectivity index (χ3v) is 5.49. The van der Waals surface area contributed by atoms with Crippen molar-refractivity contribution in [1.29, 1.82) is 0 Å². The Morgan fingerprint density at radius 1 is 1.29 bits per heavy atom. The number of esters is 1. The van der Waals surface area contributed by atoms with Gasteiger partial charge in [0, 0.05) is 9.86 Å². The van der Waals surface area contributed by atoms with E-state index < -0.39 is 5.97 Å². The molecule has 0 aliphatic carbocycles. The van der Waals surface area contributed by atoms with Gasteiger partial charge in [-0.2, -0.15) is 9.78 Å². The highest BCUT2D eigenvalue weighted by molar-refractivity contribution is 9.11. The molecular formula is C15H11Br2N3O3S. The van der Waals surface area contributed by atoms with Crippen molar-refractivity contribution in [3.63, 3.8) is 0 Å². The largest absolute Gasteiger partial charge is 0.461 e. The van der Waals surface area contributed by atoms with Gasteiger partial charge in [-0.15, -0.1) is 11.3 Å². The predicted octanol–water partition coefficient (Wildman–Crippen LogP) is 3.73. The Hall–Kier alpha value is -1.71. The van der Waals surface area contributed by atoms with E-state index in [9.17, 15) is 9.59 Å². The van der Waals surface area contributed by atoms with Gasteiger partial charge in [-0.3, -0.25) is 4.79 Å². The number of aromatic nitrogens is 2. The topological polar surface area (TPSA) is 87.2 Å². The van der Waals surface area contributed by atoms with Crippen molar-refractivity contribution in [1.82, 2.24) is 9.78 Å². The molecule has 0 aliphatic rings. The number of carbonyl (C=O) groups excluding carboxylic acids is 1. The second-order valence-corrected chi connectivity index (χ2v) is 8.04. The minimum atomic E-state index is -0.605. The third kappa shape index (κ3) is 2.87. The average Bonchev–Trinajstić information content (AvgIpc) is 2.84. The fraction of sp³-hybridized carbons (Fsp3) is 0.133. The van der Waals surface area contributed by atoms with Crippen LogP contribution in [-0.4, -0.2) is 22.4 Å². The molecule has 0 amide bonds. The number of carbonyl (C=O) groups is 1. The number of thiophene rings is 1. The summed E-state index contributed by atoms with van der Waals surface area (Å²) in [6.45, 7) is 1.91. The molecule has 0 aliphatic heterocycles. The Labute approximate surface area is 157 Å². The Bertz CT molecular complexity index is 996. The lowest BCUT2D eigenvalue weighted by atomic mass is 10.2. The molecule has 124 valence electrons. The van der Waals surface area contributed by atoms with Gasteiger partial charge >= 0.3 is 5.97 Å². The van der Waals surface area contributed by atoms with Gasteiger partial charge in [0.1, 0.15) is 5.00 Å². The van der Waals surface area contributed by atoms with Gasteiger partial charge in [-0.25, -0.2) is 4.79 Å². The number of hydrogen-bond donors (Lipinski definition) is 1. The maximum atomic E-state index is 12.8. The number of rotatable bonds is 3. The van der Waals surface area contributed by atoms with Crippen molar-refractivity contribution in [3.8, 4) is 5.69 Å². The van der Waals surface area contributed by atoms with Crippen LogP contribution in [0.5, 0.6) is 0 Å². The molecule has 0 saturated carbocycles. The highest BCUT2D eigenvalue weighted by atomic mass is 79.9. The highest BCUT2D eigenvalue weighted by Crippen LogP contribution is 2.37. The second-order valence-electron chi connectivity index (χ2n) is 4.75. The Morgan fingerprint density at radius 3 is 2.58 bits per heavy atom. The first kappa shape index (κ1) is 17.1. The van der Waals surface area contributed by atoms with E-state index in [1.54, 1.807) is 31.2 Å². The lowest BCUT2D eigenvalue weighted by Gasteiger charge is -2.09. The molecule has 3 rings (SSSR count). The summed E-state index contributed by atoms with van der Waals surface area (Å²) < 4.78 is 7.67. The minimum Gasteiger partial charge on any atom is -0.461 e. The number of halogens is 2. The monoisotopic (exact) mass is 471 g/mol. The summed E-state index contributed by atoms with van der Waals surface area (Å²) in [6.07, 6.45) is 0. The highest BCUT2D eigenvalue weighted by Gasteiger charge is 2.24. The van der Waals surface area contributed by atoms with Crippen molar-refractivity contribution in [2.24, 2.45) is 0 Å². The molecule has 0 spiro atoms. The molecule has 0 atom stereocenters. The van der Waals surface area contributed by atoms with Crippen LogP contribution in [0.2, 0.25) is 0 Å². The van der Waals surface area contributed by atoms with Crippen molar-refractivity contribution in [2.45, 2.75) is 6.92 Å². The summed E-state index contributed by atoms with van der Waals surface area (Å²) in [4.78, 5) is 25.1. The van der Waals surface area contributed by atoms with Crippen molar-refractivity contribution >= 4 is 64.9 Å². The first-order valence-electron chi connectivity index (χ1n) is 6.88. The fourth-order valence-corrected chi connectivity index (χ4v) is 4.20. The SMILES string of the molecule is CCOC(=O)c1nn(-c2ccc(Br)cc2)c(=O)c2c(N)sc(Br)c12. The number of fused-ring (bicyclic) bond motifs is 1. The maximum Gasteiger partial charge on any atom is 0.359 e. The normalized spacial score (nSPS) is 11.0. The van der Waals surface area contributed by atoms with Crippen LogP contribution in [0.4, 0.5) is 5.00 Å². The van der Waals surface area contributed by atoms with Crippen LogP contribution in [-0.2, 0) is 4.74 Å². The molecule has 9 heteroatoms. The second kappa shape index (κ2) is 6.66. The van der Waals surface area contributed by atoms with E-state index in [4.69, 9.17) is 10.5 Å². The molecule has 0 radical (unpaired) electrons. The van der Waals surface area contributed by atoms with Gasteiger partial charge in [0.25, 0.3) is 5.56 Å².